The van der Waals surface area contributed by atoms with Crippen molar-refractivity contribution < 1.29 is 14.6 Å². The fourth-order valence-corrected chi connectivity index (χ4v) is 2.12. The van der Waals surface area contributed by atoms with E-state index in [2.05, 4.69) is 11.8 Å². The van der Waals surface area contributed by atoms with Gasteiger partial charge in [-0.3, -0.25) is 4.90 Å². The lowest BCUT2D eigenvalue weighted by Gasteiger charge is -2.29. The standard InChI is InChI=1S/C15H25NO3/c1-13(14-6-4-7-15(17)12-14)16(9-11-19-3)8-5-10-18-2/h4,6-7,12-13,17H,5,8-11H2,1-3H3. The van der Waals surface area contributed by atoms with E-state index in [1.165, 1.54) is 0 Å². The zero-order valence-corrected chi connectivity index (χ0v) is 12.1. The first kappa shape index (κ1) is 16.0. The zero-order valence-electron chi connectivity index (χ0n) is 12.1. The maximum absolute atomic E-state index is 9.57. The fourth-order valence-electron chi connectivity index (χ4n) is 2.12. The molecule has 1 rings (SSSR count). The van der Waals surface area contributed by atoms with Crippen LogP contribution in [-0.4, -0.2) is 50.5 Å². The molecule has 0 bridgehead atoms. The minimum atomic E-state index is 0.249. The number of hydrogen-bond acceptors (Lipinski definition) is 4. The van der Waals surface area contributed by atoms with Crippen molar-refractivity contribution in [2.45, 2.75) is 19.4 Å². The summed E-state index contributed by atoms with van der Waals surface area (Å²) in [6.07, 6.45) is 0.989. The average molecular weight is 267 g/mol. The van der Waals surface area contributed by atoms with Gasteiger partial charge in [0.05, 0.1) is 6.61 Å². The number of aromatic hydroxyl groups is 1. The second-order valence-electron chi connectivity index (χ2n) is 4.65. The van der Waals surface area contributed by atoms with Crippen molar-refractivity contribution in [3.63, 3.8) is 0 Å². The van der Waals surface area contributed by atoms with Crippen molar-refractivity contribution in [2.75, 3.05) is 40.5 Å². The molecular weight excluding hydrogens is 242 g/mol. The third kappa shape index (κ3) is 5.59. The van der Waals surface area contributed by atoms with E-state index in [1.807, 2.05) is 18.2 Å². The Hall–Kier alpha value is -1.10. The molecule has 4 heteroatoms. The summed E-state index contributed by atoms with van der Waals surface area (Å²) >= 11 is 0. The average Bonchev–Trinajstić information content (AvgIpc) is 2.42. The molecule has 1 atom stereocenters. The van der Waals surface area contributed by atoms with E-state index >= 15 is 0 Å². The van der Waals surface area contributed by atoms with Crippen molar-refractivity contribution in [1.29, 1.82) is 0 Å². The van der Waals surface area contributed by atoms with Crippen LogP contribution in [0.5, 0.6) is 5.75 Å². The molecule has 0 aliphatic carbocycles. The molecule has 0 aromatic heterocycles. The van der Waals surface area contributed by atoms with Crippen LogP contribution in [0.1, 0.15) is 24.9 Å². The Labute approximate surface area is 115 Å². The summed E-state index contributed by atoms with van der Waals surface area (Å²) < 4.78 is 10.3. The highest BCUT2D eigenvalue weighted by atomic mass is 16.5. The van der Waals surface area contributed by atoms with Crippen molar-refractivity contribution >= 4 is 0 Å². The van der Waals surface area contributed by atoms with Gasteiger partial charge in [0.25, 0.3) is 0 Å². The number of phenolic OH excluding ortho intramolecular Hbond substituents is 1. The Balaban J connectivity index is 2.66. The molecule has 19 heavy (non-hydrogen) atoms. The molecule has 0 saturated heterocycles. The summed E-state index contributed by atoms with van der Waals surface area (Å²) in [6.45, 7) is 5.44. The minimum absolute atomic E-state index is 0.249. The van der Waals surface area contributed by atoms with E-state index in [0.717, 1.165) is 31.7 Å². The highest BCUT2D eigenvalue weighted by molar-refractivity contribution is 5.29. The number of ether oxygens (including phenoxy) is 2. The first-order chi connectivity index (χ1) is 9.19. The maximum atomic E-state index is 9.57. The molecule has 0 amide bonds. The van der Waals surface area contributed by atoms with Crippen LogP contribution in [0.4, 0.5) is 0 Å². The van der Waals surface area contributed by atoms with E-state index in [1.54, 1.807) is 20.3 Å². The number of methoxy groups -OCH3 is 2. The normalized spacial score (nSPS) is 12.8. The van der Waals surface area contributed by atoms with Gasteiger partial charge < -0.3 is 14.6 Å². The number of rotatable bonds is 9. The Morgan fingerprint density at radius 1 is 1.16 bits per heavy atom. The molecule has 0 aliphatic rings. The lowest BCUT2D eigenvalue weighted by atomic mass is 10.1. The van der Waals surface area contributed by atoms with Crippen molar-refractivity contribution in [3.8, 4) is 5.75 Å². The topological polar surface area (TPSA) is 41.9 Å². The van der Waals surface area contributed by atoms with Crippen molar-refractivity contribution in [3.05, 3.63) is 29.8 Å². The van der Waals surface area contributed by atoms with Crippen LogP contribution >= 0.6 is 0 Å². The van der Waals surface area contributed by atoms with Crippen LogP contribution in [0, 0.1) is 0 Å². The van der Waals surface area contributed by atoms with Crippen LogP contribution in [0.15, 0.2) is 24.3 Å². The minimum Gasteiger partial charge on any atom is -0.508 e. The molecule has 108 valence electrons. The lowest BCUT2D eigenvalue weighted by Crippen LogP contribution is -2.31. The van der Waals surface area contributed by atoms with Crippen LogP contribution in [0.2, 0.25) is 0 Å². The quantitative estimate of drug-likeness (QED) is 0.698. The Bertz CT molecular complexity index is 357. The third-order valence-electron chi connectivity index (χ3n) is 3.28. The highest BCUT2D eigenvalue weighted by Gasteiger charge is 2.15. The summed E-state index contributed by atoms with van der Waals surface area (Å²) in [5.74, 6) is 0.313. The molecule has 1 aromatic rings. The molecule has 1 N–H and O–H groups in total. The summed E-state index contributed by atoms with van der Waals surface area (Å²) in [7, 11) is 3.44. The fraction of sp³-hybridized carbons (Fsp3) is 0.600. The third-order valence-corrected chi connectivity index (χ3v) is 3.28. The second kappa shape index (κ2) is 8.91. The molecule has 4 nitrogen and oxygen atoms in total. The summed E-state index contributed by atoms with van der Waals surface area (Å²) in [4.78, 5) is 2.34. The Morgan fingerprint density at radius 2 is 1.89 bits per heavy atom. The Kier molecular flexibility index (Phi) is 7.48. The second-order valence-corrected chi connectivity index (χ2v) is 4.65. The van der Waals surface area contributed by atoms with Gasteiger partial charge in [-0.1, -0.05) is 12.1 Å². The maximum Gasteiger partial charge on any atom is 0.115 e. The van der Waals surface area contributed by atoms with Gasteiger partial charge >= 0.3 is 0 Å². The van der Waals surface area contributed by atoms with Gasteiger partial charge in [-0.25, -0.2) is 0 Å². The summed E-state index contributed by atoms with van der Waals surface area (Å²) in [6, 6.07) is 7.69. The number of nitrogens with zero attached hydrogens (tertiary/aromatic N) is 1. The van der Waals surface area contributed by atoms with Crippen molar-refractivity contribution in [1.82, 2.24) is 4.90 Å². The van der Waals surface area contributed by atoms with Crippen LogP contribution < -0.4 is 0 Å². The summed E-state index contributed by atoms with van der Waals surface area (Å²) in [5.41, 5.74) is 1.12. The van der Waals surface area contributed by atoms with Crippen LogP contribution in [-0.2, 0) is 9.47 Å². The smallest absolute Gasteiger partial charge is 0.115 e. The molecule has 1 aromatic carbocycles. The number of benzene rings is 1. The van der Waals surface area contributed by atoms with Gasteiger partial charge in [0.1, 0.15) is 5.75 Å². The predicted octanol–water partition coefficient (Wildman–Crippen LogP) is 2.44. The number of hydrogen-bond donors (Lipinski definition) is 1. The molecular formula is C15H25NO3. The predicted molar refractivity (Wildman–Crippen MR) is 76.5 cm³/mol. The SMILES string of the molecule is COCCCN(CCOC)C(C)c1cccc(O)c1. The van der Waals surface area contributed by atoms with E-state index in [-0.39, 0.29) is 6.04 Å². The van der Waals surface area contributed by atoms with Gasteiger partial charge in [-0.2, -0.15) is 0 Å². The highest BCUT2D eigenvalue weighted by Crippen LogP contribution is 2.23. The van der Waals surface area contributed by atoms with Crippen LogP contribution in [0.3, 0.4) is 0 Å². The lowest BCUT2D eigenvalue weighted by molar-refractivity contribution is 0.111. The van der Waals surface area contributed by atoms with Gasteiger partial charge in [-0.15, -0.1) is 0 Å². The molecule has 1 unspecified atom stereocenters. The van der Waals surface area contributed by atoms with E-state index in [9.17, 15) is 5.11 Å². The van der Waals surface area contributed by atoms with Gasteiger partial charge in [0.15, 0.2) is 0 Å². The van der Waals surface area contributed by atoms with Gasteiger partial charge in [-0.05, 0) is 31.0 Å². The molecule has 0 fully saturated rings. The molecule has 0 aliphatic heterocycles. The van der Waals surface area contributed by atoms with Crippen molar-refractivity contribution in [2.24, 2.45) is 0 Å². The number of phenols is 1. The molecule has 0 radical (unpaired) electrons. The first-order valence-electron chi connectivity index (χ1n) is 6.70. The van der Waals surface area contributed by atoms with Gasteiger partial charge in [0, 0.05) is 40.0 Å². The zero-order chi connectivity index (χ0) is 14.1. The van der Waals surface area contributed by atoms with Crippen LogP contribution in [0.25, 0.3) is 0 Å². The molecule has 0 spiro atoms. The largest absolute Gasteiger partial charge is 0.508 e. The molecule has 0 saturated carbocycles. The monoisotopic (exact) mass is 267 g/mol. The van der Waals surface area contributed by atoms with Gasteiger partial charge in [0.2, 0.25) is 0 Å². The van der Waals surface area contributed by atoms with E-state index < -0.39 is 0 Å². The van der Waals surface area contributed by atoms with E-state index in [0.29, 0.717) is 12.4 Å². The van der Waals surface area contributed by atoms with E-state index in [4.69, 9.17) is 9.47 Å². The molecule has 0 heterocycles. The summed E-state index contributed by atoms with van der Waals surface area (Å²) in [5, 5.41) is 9.57. The Morgan fingerprint density at radius 3 is 2.53 bits per heavy atom. The first-order valence-corrected chi connectivity index (χ1v) is 6.70.